The van der Waals surface area contributed by atoms with Gasteiger partial charge in [-0.3, -0.25) is 9.59 Å². The van der Waals surface area contributed by atoms with Crippen molar-refractivity contribution in [3.05, 3.63) is 70.9 Å². The molecule has 0 aliphatic carbocycles. The average Bonchev–Trinajstić information content (AvgIpc) is 3.29. The van der Waals surface area contributed by atoms with Crippen molar-refractivity contribution in [1.29, 1.82) is 0 Å². The number of amides is 2. The minimum absolute atomic E-state index is 0.0376. The molecule has 1 aliphatic heterocycles. The van der Waals surface area contributed by atoms with Crippen LogP contribution in [0.25, 0.3) is 11.3 Å². The topological polar surface area (TPSA) is 75.4 Å². The summed E-state index contributed by atoms with van der Waals surface area (Å²) in [7, 11) is 0. The molecule has 1 atom stereocenters. The normalized spacial score (nSPS) is 16.3. The maximum atomic E-state index is 12.9. The zero-order valence-electron chi connectivity index (χ0n) is 15.9. The van der Waals surface area contributed by atoms with Crippen LogP contribution in [0.15, 0.2) is 59.1 Å². The quantitative estimate of drug-likeness (QED) is 0.688. The molecule has 29 heavy (non-hydrogen) atoms. The Morgan fingerprint density at radius 3 is 2.69 bits per heavy atom. The number of anilines is 1. The van der Waals surface area contributed by atoms with E-state index in [9.17, 15) is 9.59 Å². The van der Waals surface area contributed by atoms with E-state index in [0.717, 1.165) is 5.69 Å². The SMILES string of the molecule is Cc1onc(-c2ccccc2Cl)c1C(=O)NCC1CC(=O)N(c2ccccc2)C1. The van der Waals surface area contributed by atoms with Crippen LogP contribution in [-0.4, -0.2) is 30.1 Å². The van der Waals surface area contributed by atoms with E-state index in [4.69, 9.17) is 16.1 Å². The van der Waals surface area contributed by atoms with E-state index < -0.39 is 0 Å². The Kier molecular flexibility index (Phi) is 5.36. The van der Waals surface area contributed by atoms with Crippen molar-refractivity contribution in [1.82, 2.24) is 10.5 Å². The van der Waals surface area contributed by atoms with Crippen LogP contribution >= 0.6 is 11.6 Å². The predicted octanol–water partition coefficient (Wildman–Crippen LogP) is 4.09. The highest BCUT2D eigenvalue weighted by molar-refractivity contribution is 6.33. The van der Waals surface area contributed by atoms with Crippen LogP contribution in [0.5, 0.6) is 0 Å². The second-order valence-electron chi connectivity index (χ2n) is 7.06. The summed E-state index contributed by atoms with van der Waals surface area (Å²) < 4.78 is 5.26. The largest absolute Gasteiger partial charge is 0.360 e. The van der Waals surface area contributed by atoms with E-state index >= 15 is 0 Å². The second kappa shape index (κ2) is 8.09. The summed E-state index contributed by atoms with van der Waals surface area (Å²) in [6, 6.07) is 16.7. The number of rotatable bonds is 5. The lowest BCUT2D eigenvalue weighted by Gasteiger charge is -2.16. The molecular weight excluding hydrogens is 390 g/mol. The Balaban J connectivity index is 1.46. The lowest BCUT2D eigenvalue weighted by Crippen LogP contribution is -2.31. The standard InChI is InChI=1S/C22H20ClN3O3/c1-14-20(21(25-29-14)17-9-5-6-10-18(17)23)22(28)24-12-15-11-19(27)26(13-15)16-7-3-2-4-8-16/h2-10,15H,11-13H2,1H3,(H,24,28). The zero-order valence-corrected chi connectivity index (χ0v) is 16.6. The summed E-state index contributed by atoms with van der Waals surface area (Å²) in [6.45, 7) is 2.65. The van der Waals surface area contributed by atoms with Gasteiger partial charge in [0, 0.05) is 36.7 Å². The Bertz CT molecular complexity index is 1050. The van der Waals surface area contributed by atoms with Gasteiger partial charge in [0.1, 0.15) is 17.0 Å². The van der Waals surface area contributed by atoms with Crippen molar-refractivity contribution < 1.29 is 14.1 Å². The number of benzene rings is 2. The van der Waals surface area contributed by atoms with Gasteiger partial charge >= 0.3 is 0 Å². The number of hydrogen-bond acceptors (Lipinski definition) is 4. The smallest absolute Gasteiger partial charge is 0.257 e. The van der Waals surface area contributed by atoms with E-state index in [2.05, 4.69) is 10.5 Å². The van der Waals surface area contributed by atoms with Crippen molar-refractivity contribution in [2.45, 2.75) is 13.3 Å². The molecule has 2 aromatic carbocycles. The maximum Gasteiger partial charge on any atom is 0.257 e. The van der Waals surface area contributed by atoms with Gasteiger partial charge in [0.05, 0.1) is 5.02 Å². The fourth-order valence-corrected chi connectivity index (χ4v) is 3.80. The van der Waals surface area contributed by atoms with Crippen molar-refractivity contribution in [3.63, 3.8) is 0 Å². The molecule has 1 aliphatic rings. The van der Waals surface area contributed by atoms with Gasteiger partial charge in [0.2, 0.25) is 5.91 Å². The highest BCUT2D eigenvalue weighted by atomic mass is 35.5. The number of para-hydroxylation sites is 1. The Morgan fingerprint density at radius 1 is 1.21 bits per heavy atom. The fourth-order valence-electron chi connectivity index (χ4n) is 3.58. The summed E-state index contributed by atoms with van der Waals surface area (Å²) in [5.41, 5.74) is 2.30. The molecule has 2 heterocycles. The lowest BCUT2D eigenvalue weighted by molar-refractivity contribution is -0.117. The number of hydrogen-bond donors (Lipinski definition) is 1. The van der Waals surface area contributed by atoms with E-state index in [1.807, 2.05) is 42.5 Å². The number of carbonyl (C=O) groups excluding carboxylic acids is 2. The van der Waals surface area contributed by atoms with Crippen molar-refractivity contribution >= 4 is 29.1 Å². The molecule has 3 aromatic rings. The first-order valence-electron chi connectivity index (χ1n) is 9.39. The number of aromatic nitrogens is 1. The van der Waals surface area contributed by atoms with Crippen LogP contribution in [0.4, 0.5) is 5.69 Å². The monoisotopic (exact) mass is 409 g/mol. The molecule has 6 nitrogen and oxygen atoms in total. The van der Waals surface area contributed by atoms with Crippen LogP contribution in [0, 0.1) is 12.8 Å². The van der Waals surface area contributed by atoms with Crippen LogP contribution in [0.3, 0.4) is 0 Å². The van der Waals surface area contributed by atoms with Gasteiger partial charge in [-0.15, -0.1) is 0 Å². The molecule has 0 spiro atoms. The molecule has 1 N–H and O–H groups in total. The Morgan fingerprint density at radius 2 is 1.93 bits per heavy atom. The Hall–Kier alpha value is -3.12. The Labute approximate surface area is 173 Å². The number of carbonyl (C=O) groups is 2. The first kappa shape index (κ1) is 19.2. The molecule has 148 valence electrons. The minimum atomic E-state index is -0.288. The summed E-state index contributed by atoms with van der Waals surface area (Å²) in [5.74, 6) is 0.235. The highest BCUT2D eigenvalue weighted by Crippen LogP contribution is 2.31. The number of aryl methyl sites for hydroxylation is 1. The summed E-state index contributed by atoms with van der Waals surface area (Å²) >= 11 is 6.26. The van der Waals surface area contributed by atoms with Crippen LogP contribution < -0.4 is 10.2 Å². The van der Waals surface area contributed by atoms with Gasteiger partial charge in [0.15, 0.2) is 0 Å². The van der Waals surface area contributed by atoms with Gasteiger partial charge in [0.25, 0.3) is 5.91 Å². The van der Waals surface area contributed by atoms with Crippen LogP contribution in [0.1, 0.15) is 22.5 Å². The molecule has 2 amide bonds. The molecule has 0 bridgehead atoms. The zero-order chi connectivity index (χ0) is 20.4. The third-order valence-electron chi connectivity index (χ3n) is 5.04. The molecule has 1 fully saturated rings. The van der Waals surface area contributed by atoms with E-state index in [0.29, 0.717) is 47.1 Å². The van der Waals surface area contributed by atoms with Crippen molar-refractivity contribution in [3.8, 4) is 11.3 Å². The number of nitrogens with zero attached hydrogens (tertiary/aromatic N) is 2. The van der Waals surface area contributed by atoms with Crippen molar-refractivity contribution in [2.24, 2.45) is 5.92 Å². The first-order chi connectivity index (χ1) is 14.0. The van der Waals surface area contributed by atoms with Crippen LogP contribution in [-0.2, 0) is 4.79 Å². The summed E-state index contributed by atoms with van der Waals surface area (Å²) in [4.78, 5) is 27.0. The van der Waals surface area contributed by atoms with E-state index in [-0.39, 0.29) is 17.7 Å². The molecule has 7 heteroatoms. The molecule has 0 radical (unpaired) electrons. The molecule has 1 unspecified atom stereocenters. The summed E-state index contributed by atoms with van der Waals surface area (Å²) in [5, 5.41) is 7.45. The third kappa shape index (κ3) is 3.89. The number of nitrogens with one attached hydrogen (secondary N) is 1. The van der Waals surface area contributed by atoms with E-state index in [1.54, 1.807) is 24.0 Å². The second-order valence-corrected chi connectivity index (χ2v) is 7.47. The van der Waals surface area contributed by atoms with Gasteiger partial charge in [-0.2, -0.15) is 0 Å². The van der Waals surface area contributed by atoms with Crippen LogP contribution in [0.2, 0.25) is 5.02 Å². The van der Waals surface area contributed by atoms with Gasteiger partial charge in [-0.1, -0.05) is 53.2 Å². The fraction of sp³-hybridized carbons (Fsp3) is 0.227. The molecule has 0 saturated carbocycles. The lowest BCUT2D eigenvalue weighted by atomic mass is 10.0. The third-order valence-corrected chi connectivity index (χ3v) is 5.37. The molecule has 1 aromatic heterocycles. The minimum Gasteiger partial charge on any atom is -0.360 e. The van der Waals surface area contributed by atoms with E-state index in [1.165, 1.54) is 0 Å². The molecule has 4 rings (SSSR count). The predicted molar refractivity (Wildman–Crippen MR) is 111 cm³/mol. The average molecular weight is 410 g/mol. The molecular formula is C22H20ClN3O3. The van der Waals surface area contributed by atoms with Gasteiger partial charge < -0.3 is 14.7 Å². The number of halogens is 1. The maximum absolute atomic E-state index is 12.9. The van der Waals surface area contributed by atoms with Gasteiger partial charge in [-0.05, 0) is 25.1 Å². The van der Waals surface area contributed by atoms with Crippen molar-refractivity contribution in [2.75, 3.05) is 18.0 Å². The van der Waals surface area contributed by atoms with Gasteiger partial charge in [-0.25, -0.2) is 0 Å². The summed E-state index contributed by atoms with van der Waals surface area (Å²) in [6.07, 6.45) is 0.398. The molecule has 1 saturated heterocycles. The first-order valence-corrected chi connectivity index (χ1v) is 9.77. The highest BCUT2D eigenvalue weighted by Gasteiger charge is 2.31.